The molecule has 3 aromatic carbocycles. The predicted molar refractivity (Wildman–Crippen MR) is 239 cm³/mol. The molecular weight excluding hydrogens is 1040 g/mol. The number of aromatic nitrogens is 2. The van der Waals surface area contributed by atoms with Gasteiger partial charge in [-0.25, -0.2) is 18.5 Å². The molecule has 0 aliphatic carbocycles. The third kappa shape index (κ3) is 16.4. The van der Waals surface area contributed by atoms with Gasteiger partial charge in [-0.1, -0.05) is 12.2 Å². The second-order valence-electron chi connectivity index (χ2n) is 14.4. The van der Waals surface area contributed by atoms with Crippen LogP contribution in [0.2, 0.25) is 0 Å². The molecule has 1 fully saturated rings. The van der Waals surface area contributed by atoms with Crippen LogP contribution >= 0.6 is 23.5 Å². The van der Waals surface area contributed by atoms with Crippen LogP contribution in [0.15, 0.2) is 119 Å². The zero-order valence-corrected chi connectivity index (χ0v) is 39.9. The van der Waals surface area contributed by atoms with E-state index in [1.807, 2.05) is 9.88 Å². The standard InChI is InChI=1S/C35H41N8O22P3S2/c1-42(25-11-6-22(7-12-25)39-41-27-15-10-24(18-29(27)70(59,60)61)40-38-23-8-13-26(14-9-23)69(56,57)58)17-3-5-30(44)36-16-2-4-21-19-43(35(48)37-33(21)47)34-32(46)31(45)28(63-34)20-62-67(52,53)65-68(54,55)64-66(49,50)51/h2,4,6-15,18-19,28,31-32,34,45-46H,3,5,16-17,20H2,1H3,(H,36,44)(H,52,53)(H,54,55)(H,37,47,48)(H2,49,50,51)(H,56,57,58)(H,59,60,61)/b4-2+,40-38?,41-39?/t28-,31-,32-,34-/m1/s1. The molecule has 6 atom stereocenters. The number of carbonyl (C=O) groups excluding carboxylic acids is 1. The van der Waals surface area contributed by atoms with Crippen LogP contribution in [0.1, 0.15) is 24.6 Å². The van der Waals surface area contributed by atoms with Crippen LogP contribution in [0.3, 0.4) is 0 Å². The molecule has 35 heteroatoms. The topological polar surface area (TPSA) is 455 Å². The van der Waals surface area contributed by atoms with Crippen LogP contribution in [0.25, 0.3) is 6.08 Å². The van der Waals surface area contributed by atoms with Gasteiger partial charge in [-0.05, 0) is 73.2 Å². The Morgan fingerprint density at radius 3 is 2.06 bits per heavy atom. The molecule has 10 N–H and O–H groups in total. The minimum Gasteiger partial charge on any atom is -0.387 e. The Kier molecular flexibility index (Phi) is 18.1. The molecule has 380 valence electrons. The minimum absolute atomic E-state index is 0.00242. The van der Waals surface area contributed by atoms with Crippen molar-refractivity contribution in [1.82, 2.24) is 14.9 Å². The second kappa shape index (κ2) is 22.8. The molecule has 0 bridgehead atoms. The van der Waals surface area contributed by atoms with E-state index in [1.165, 1.54) is 36.4 Å². The summed E-state index contributed by atoms with van der Waals surface area (Å²) in [4.78, 5) is 76.8. The maximum absolute atomic E-state index is 12.6. The van der Waals surface area contributed by atoms with Crippen LogP contribution in [-0.2, 0) is 56.6 Å². The molecule has 1 aliphatic heterocycles. The SMILES string of the molecule is CN(CCCC(=O)NC/C=C/c1cn([C@@H]2O[C@H](COP(=O)(O)OP(=O)(O)OP(=O)(O)O)[C@@H](O)[C@H]2O)c(=O)[nH]c1=O)c1ccc(N=Nc2ccc(N=Nc3ccc(S(=O)(=O)O)cc3)cc2S(=O)(=O)O)cc1. The largest absolute Gasteiger partial charge is 0.490 e. The predicted octanol–water partition coefficient (Wildman–Crippen LogP) is 2.87. The highest BCUT2D eigenvalue weighted by Crippen LogP contribution is 2.66. The van der Waals surface area contributed by atoms with E-state index >= 15 is 0 Å². The third-order valence-electron chi connectivity index (χ3n) is 9.24. The Bertz CT molecular complexity index is 3150. The number of hydrogen-bond acceptors (Lipinski definition) is 21. The molecule has 5 rings (SSSR count). The van der Waals surface area contributed by atoms with Crippen LogP contribution in [0, 0.1) is 0 Å². The Hall–Kier alpha value is -5.34. The van der Waals surface area contributed by atoms with E-state index in [4.69, 9.17) is 19.1 Å². The van der Waals surface area contributed by atoms with Gasteiger partial charge in [0, 0.05) is 38.4 Å². The van der Waals surface area contributed by atoms with Crippen LogP contribution in [0.4, 0.5) is 28.4 Å². The number of H-pyrrole nitrogens is 1. The normalized spacial score (nSPS) is 19.7. The number of aromatic amines is 1. The molecule has 1 aliphatic rings. The molecule has 2 unspecified atom stereocenters. The Morgan fingerprint density at radius 1 is 0.843 bits per heavy atom. The first-order chi connectivity index (χ1) is 32.5. The van der Waals surface area contributed by atoms with Crippen molar-refractivity contribution in [3.8, 4) is 0 Å². The number of nitrogens with one attached hydrogen (secondary N) is 2. The zero-order chi connectivity index (χ0) is 51.8. The van der Waals surface area contributed by atoms with Crippen molar-refractivity contribution in [2.24, 2.45) is 20.5 Å². The third-order valence-corrected chi connectivity index (χ3v) is 14.8. The smallest absolute Gasteiger partial charge is 0.387 e. The van der Waals surface area contributed by atoms with Gasteiger partial charge in [0.2, 0.25) is 5.91 Å². The van der Waals surface area contributed by atoms with Gasteiger partial charge in [-0.2, -0.15) is 40.8 Å². The monoisotopic (exact) mass is 1080 g/mol. The summed E-state index contributed by atoms with van der Waals surface area (Å²) in [5.74, 6) is -0.361. The van der Waals surface area contributed by atoms with Gasteiger partial charge >= 0.3 is 29.2 Å². The van der Waals surface area contributed by atoms with Crippen molar-refractivity contribution in [3.63, 3.8) is 0 Å². The van der Waals surface area contributed by atoms with Gasteiger partial charge in [-0.3, -0.25) is 32.8 Å². The Balaban J connectivity index is 1.09. The summed E-state index contributed by atoms with van der Waals surface area (Å²) >= 11 is 0. The summed E-state index contributed by atoms with van der Waals surface area (Å²) in [7, 11) is -24.6. The van der Waals surface area contributed by atoms with Crippen molar-refractivity contribution in [2.75, 3.05) is 31.6 Å². The van der Waals surface area contributed by atoms with E-state index in [9.17, 15) is 69.5 Å². The van der Waals surface area contributed by atoms with Crippen LogP contribution < -0.4 is 21.5 Å². The van der Waals surface area contributed by atoms with Crippen molar-refractivity contribution < 1.29 is 92.1 Å². The summed E-state index contributed by atoms with van der Waals surface area (Å²) in [6.07, 6.45) is -3.33. The number of anilines is 1. The average Bonchev–Trinajstić information content (AvgIpc) is 3.53. The number of amides is 1. The van der Waals surface area contributed by atoms with E-state index in [0.717, 1.165) is 30.1 Å². The molecule has 70 heavy (non-hydrogen) atoms. The molecule has 0 saturated carbocycles. The Morgan fingerprint density at radius 2 is 1.44 bits per heavy atom. The number of phosphoric acid groups is 3. The quantitative estimate of drug-likeness (QED) is 0.0307. The average molecular weight is 1080 g/mol. The second-order valence-corrected chi connectivity index (χ2v) is 21.7. The molecular formula is C35H41N8O22P3S2. The number of aliphatic hydroxyl groups is 2. The van der Waals surface area contributed by atoms with Gasteiger partial charge < -0.3 is 44.7 Å². The number of azo groups is 2. The van der Waals surface area contributed by atoms with E-state index in [2.05, 4.69) is 38.9 Å². The Labute approximate surface area is 394 Å². The molecule has 0 radical (unpaired) electrons. The molecule has 1 saturated heterocycles. The first-order valence-corrected chi connectivity index (χ1v) is 26.8. The zero-order valence-electron chi connectivity index (χ0n) is 35.6. The first kappa shape index (κ1) is 55.6. The fraction of sp³-hybridized carbons (Fsp3) is 0.286. The number of nitrogens with zero attached hydrogens (tertiary/aromatic N) is 6. The van der Waals surface area contributed by atoms with Crippen LogP contribution in [-0.4, -0.2) is 116 Å². The molecule has 2 heterocycles. The van der Waals surface area contributed by atoms with Crippen LogP contribution in [0.5, 0.6) is 0 Å². The molecule has 30 nitrogen and oxygen atoms in total. The molecule has 1 amide bonds. The number of aliphatic hydroxyl groups excluding tert-OH is 2. The van der Waals surface area contributed by atoms with Gasteiger partial charge in [0.25, 0.3) is 25.8 Å². The van der Waals surface area contributed by atoms with E-state index in [0.29, 0.717) is 23.2 Å². The van der Waals surface area contributed by atoms with E-state index in [1.54, 1.807) is 31.3 Å². The van der Waals surface area contributed by atoms with Crippen molar-refractivity contribution in [1.29, 1.82) is 0 Å². The number of rotatable bonds is 22. The van der Waals surface area contributed by atoms with Crippen molar-refractivity contribution in [3.05, 3.63) is 105 Å². The molecule has 4 aromatic rings. The van der Waals surface area contributed by atoms with Gasteiger partial charge in [-0.15, -0.1) is 5.11 Å². The first-order valence-electron chi connectivity index (χ1n) is 19.4. The van der Waals surface area contributed by atoms with E-state index in [-0.39, 0.29) is 46.4 Å². The maximum atomic E-state index is 12.6. The lowest BCUT2D eigenvalue weighted by atomic mass is 10.1. The minimum atomic E-state index is -5.86. The van der Waals surface area contributed by atoms with Gasteiger partial charge in [0.05, 0.1) is 34.1 Å². The lowest BCUT2D eigenvalue weighted by molar-refractivity contribution is -0.120. The summed E-state index contributed by atoms with van der Waals surface area (Å²) in [6.45, 7) is -0.814. The van der Waals surface area contributed by atoms with E-state index < -0.39 is 91.0 Å². The highest BCUT2D eigenvalue weighted by atomic mass is 32.2. The number of benzene rings is 3. The lowest BCUT2D eigenvalue weighted by Crippen LogP contribution is -2.38. The highest BCUT2D eigenvalue weighted by Gasteiger charge is 2.47. The molecule has 0 spiro atoms. The van der Waals surface area contributed by atoms with Gasteiger partial charge in [0.15, 0.2) is 6.23 Å². The van der Waals surface area contributed by atoms with Crippen molar-refractivity contribution in [2.45, 2.75) is 47.2 Å². The number of phosphoric ester groups is 1. The molecule has 1 aromatic heterocycles. The summed E-state index contributed by atoms with van der Waals surface area (Å²) in [5, 5.41) is 39.4. The highest BCUT2D eigenvalue weighted by molar-refractivity contribution is 7.86. The number of hydrogen-bond donors (Lipinski definition) is 10. The summed E-state index contributed by atoms with van der Waals surface area (Å²) < 4.78 is 118. The van der Waals surface area contributed by atoms with Gasteiger partial charge in [0.1, 0.15) is 28.9 Å². The number of carbonyl (C=O) groups is 1. The fourth-order valence-electron chi connectivity index (χ4n) is 5.97. The fourth-order valence-corrected chi connectivity index (χ4v) is 10.1. The number of ether oxygens (including phenoxy) is 1. The summed E-state index contributed by atoms with van der Waals surface area (Å²) in [5.41, 5.74) is -1.22. The lowest BCUT2D eigenvalue weighted by Gasteiger charge is -2.19. The maximum Gasteiger partial charge on any atom is 0.490 e. The summed E-state index contributed by atoms with van der Waals surface area (Å²) in [6, 6.07) is 14.8. The van der Waals surface area contributed by atoms with Crippen molar-refractivity contribution >= 4 is 84.1 Å².